The summed E-state index contributed by atoms with van der Waals surface area (Å²) in [7, 11) is 1.64. The highest BCUT2D eigenvalue weighted by atomic mass is 35.5. The molecule has 0 spiro atoms. The minimum atomic E-state index is -0.0722. The highest BCUT2D eigenvalue weighted by Crippen LogP contribution is 2.23. The van der Waals surface area contributed by atoms with E-state index in [-0.39, 0.29) is 13.2 Å². The summed E-state index contributed by atoms with van der Waals surface area (Å²) in [5.41, 5.74) is 1.62. The molecule has 0 heterocycles. The highest BCUT2D eigenvalue weighted by Gasteiger charge is 2.08. The van der Waals surface area contributed by atoms with Gasteiger partial charge in [-0.2, -0.15) is 0 Å². The van der Waals surface area contributed by atoms with Gasteiger partial charge < -0.3 is 19.8 Å². The Morgan fingerprint density at radius 1 is 1.29 bits per heavy atom. The fourth-order valence-electron chi connectivity index (χ4n) is 1.55. The van der Waals surface area contributed by atoms with Gasteiger partial charge in [0.2, 0.25) is 0 Å². The number of halogens is 1. The van der Waals surface area contributed by atoms with E-state index in [1.807, 2.05) is 11.0 Å². The van der Waals surface area contributed by atoms with Crippen molar-refractivity contribution in [3.05, 3.63) is 28.8 Å². The second kappa shape index (κ2) is 7.50. The van der Waals surface area contributed by atoms with Crippen molar-refractivity contribution in [3.8, 4) is 0 Å². The minimum Gasteiger partial charge on any atom is -0.395 e. The van der Waals surface area contributed by atoms with E-state index in [0.717, 1.165) is 5.69 Å². The molecule has 0 aliphatic heterocycles. The SMILES string of the molecule is COCCN(CCO)c1ccc(CO)c(Cl)c1. The van der Waals surface area contributed by atoms with Crippen molar-refractivity contribution in [3.63, 3.8) is 0 Å². The Morgan fingerprint density at radius 3 is 2.59 bits per heavy atom. The zero-order valence-corrected chi connectivity index (χ0v) is 10.7. The third kappa shape index (κ3) is 4.16. The molecule has 1 rings (SSSR count). The molecule has 0 atom stereocenters. The molecule has 0 aliphatic rings. The quantitative estimate of drug-likeness (QED) is 0.775. The molecule has 17 heavy (non-hydrogen) atoms. The molecule has 0 aliphatic carbocycles. The van der Waals surface area contributed by atoms with Crippen LogP contribution < -0.4 is 4.90 Å². The summed E-state index contributed by atoms with van der Waals surface area (Å²) < 4.78 is 5.02. The second-order valence-electron chi connectivity index (χ2n) is 3.64. The lowest BCUT2D eigenvalue weighted by atomic mass is 10.2. The Kier molecular flexibility index (Phi) is 6.29. The average molecular weight is 260 g/mol. The number of benzene rings is 1. The molecular weight excluding hydrogens is 242 g/mol. The van der Waals surface area contributed by atoms with E-state index in [0.29, 0.717) is 30.3 Å². The number of methoxy groups -OCH3 is 1. The fourth-order valence-corrected chi connectivity index (χ4v) is 1.79. The molecule has 96 valence electrons. The Hall–Kier alpha value is -0.810. The number of nitrogens with zero attached hydrogens (tertiary/aromatic N) is 1. The molecule has 1 aromatic rings. The van der Waals surface area contributed by atoms with Crippen molar-refractivity contribution in [2.24, 2.45) is 0 Å². The topological polar surface area (TPSA) is 52.9 Å². The van der Waals surface area contributed by atoms with E-state index in [1.54, 1.807) is 19.2 Å². The average Bonchev–Trinajstić information content (AvgIpc) is 2.34. The number of ether oxygens (including phenoxy) is 1. The van der Waals surface area contributed by atoms with Crippen molar-refractivity contribution < 1.29 is 14.9 Å². The van der Waals surface area contributed by atoms with Crippen LogP contribution in [-0.4, -0.2) is 43.6 Å². The van der Waals surface area contributed by atoms with Crippen LogP contribution in [0, 0.1) is 0 Å². The van der Waals surface area contributed by atoms with E-state index in [9.17, 15) is 0 Å². The van der Waals surface area contributed by atoms with E-state index >= 15 is 0 Å². The standard InChI is InChI=1S/C12H18ClNO3/c1-17-7-5-14(4-6-15)11-3-2-10(9-16)12(13)8-11/h2-3,8,15-16H,4-7,9H2,1H3. The number of hydrogen-bond acceptors (Lipinski definition) is 4. The Bertz CT molecular complexity index is 347. The lowest BCUT2D eigenvalue weighted by Gasteiger charge is -2.24. The largest absolute Gasteiger partial charge is 0.395 e. The van der Waals surface area contributed by atoms with Gasteiger partial charge in [0.15, 0.2) is 0 Å². The van der Waals surface area contributed by atoms with Crippen molar-refractivity contribution in [1.82, 2.24) is 0 Å². The van der Waals surface area contributed by atoms with Crippen LogP contribution in [0.5, 0.6) is 0 Å². The minimum absolute atomic E-state index is 0.0722. The van der Waals surface area contributed by atoms with Gasteiger partial charge in [-0.25, -0.2) is 0 Å². The van der Waals surface area contributed by atoms with Gasteiger partial charge >= 0.3 is 0 Å². The second-order valence-corrected chi connectivity index (χ2v) is 4.04. The maximum atomic E-state index is 9.03. The number of rotatable bonds is 7. The lowest BCUT2D eigenvalue weighted by molar-refractivity contribution is 0.203. The Balaban J connectivity index is 2.82. The summed E-state index contributed by atoms with van der Waals surface area (Å²) in [5, 5.41) is 18.6. The van der Waals surface area contributed by atoms with Crippen LogP contribution in [0.25, 0.3) is 0 Å². The predicted molar refractivity (Wildman–Crippen MR) is 68.5 cm³/mol. The van der Waals surface area contributed by atoms with Gasteiger partial charge in [-0.1, -0.05) is 17.7 Å². The summed E-state index contributed by atoms with van der Waals surface area (Å²) in [5.74, 6) is 0. The first-order valence-corrected chi connectivity index (χ1v) is 5.84. The molecule has 2 N–H and O–H groups in total. The van der Waals surface area contributed by atoms with Crippen LogP contribution in [0.15, 0.2) is 18.2 Å². The molecular formula is C12H18ClNO3. The molecule has 5 heteroatoms. The molecule has 0 saturated carbocycles. The zero-order chi connectivity index (χ0) is 12.7. The zero-order valence-electron chi connectivity index (χ0n) is 9.90. The van der Waals surface area contributed by atoms with Gasteiger partial charge in [-0.15, -0.1) is 0 Å². The van der Waals surface area contributed by atoms with E-state index in [4.69, 9.17) is 26.6 Å². The molecule has 0 amide bonds. The van der Waals surface area contributed by atoms with Crippen molar-refractivity contribution >= 4 is 17.3 Å². The summed E-state index contributed by atoms with van der Waals surface area (Å²) in [6.07, 6.45) is 0. The highest BCUT2D eigenvalue weighted by molar-refractivity contribution is 6.31. The fraction of sp³-hybridized carbons (Fsp3) is 0.500. The third-order valence-corrected chi connectivity index (χ3v) is 2.86. The molecule has 0 fully saturated rings. The van der Waals surface area contributed by atoms with Gasteiger partial charge in [0.25, 0.3) is 0 Å². The Labute approximate surface area is 106 Å². The van der Waals surface area contributed by atoms with Gasteiger partial charge in [0, 0.05) is 30.9 Å². The van der Waals surface area contributed by atoms with Gasteiger partial charge in [-0.3, -0.25) is 0 Å². The lowest BCUT2D eigenvalue weighted by Crippen LogP contribution is -2.30. The van der Waals surface area contributed by atoms with Crippen LogP contribution in [0.4, 0.5) is 5.69 Å². The number of aliphatic hydroxyl groups is 2. The molecule has 0 unspecified atom stereocenters. The van der Waals surface area contributed by atoms with Crippen LogP contribution in [0.2, 0.25) is 5.02 Å². The molecule has 4 nitrogen and oxygen atoms in total. The molecule has 0 saturated heterocycles. The predicted octanol–water partition coefficient (Wildman–Crippen LogP) is 1.28. The molecule has 0 radical (unpaired) electrons. The smallest absolute Gasteiger partial charge is 0.0696 e. The van der Waals surface area contributed by atoms with Crippen LogP contribution in [-0.2, 0) is 11.3 Å². The number of anilines is 1. The normalized spacial score (nSPS) is 10.6. The Morgan fingerprint density at radius 2 is 2.06 bits per heavy atom. The third-order valence-electron chi connectivity index (χ3n) is 2.51. The molecule has 0 bridgehead atoms. The summed E-state index contributed by atoms with van der Waals surface area (Å²) >= 11 is 6.03. The number of hydrogen-bond donors (Lipinski definition) is 2. The van der Waals surface area contributed by atoms with Crippen LogP contribution in [0.1, 0.15) is 5.56 Å². The summed E-state index contributed by atoms with van der Waals surface area (Å²) in [4.78, 5) is 1.98. The van der Waals surface area contributed by atoms with Gasteiger partial charge in [0.05, 0.1) is 19.8 Å². The monoisotopic (exact) mass is 259 g/mol. The first-order chi connectivity index (χ1) is 8.22. The van der Waals surface area contributed by atoms with E-state index in [1.165, 1.54) is 0 Å². The summed E-state index contributed by atoms with van der Waals surface area (Å²) in [6.45, 7) is 1.80. The van der Waals surface area contributed by atoms with Crippen LogP contribution in [0.3, 0.4) is 0 Å². The maximum Gasteiger partial charge on any atom is 0.0696 e. The molecule has 1 aromatic carbocycles. The molecule has 0 aromatic heterocycles. The van der Waals surface area contributed by atoms with Crippen molar-refractivity contribution in [2.45, 2.75) is 6.61 Å². The van der Waals surface area contributed by atoms with E-state index in [2.05, 4.69) is 0 Å². The maximum absolute atomic E-state index is 9.03. The first kappa shape index (κ1) is 14.3. The number of aliphatic hydroxyl groups excluding tert-OH is 2. The van der Waals surface area contributed by atoms with Gasteiger partial charge in [0.1, 0.15) is 0 Å². The van der Waals surface area contributed by atoms with Crippen LogP contribution >= 0.6 is 11.6 Å². The van der Waals surface area contributed by atoms with Crippen molar-refractivity contribution in [1.29, 1.82) is 0 Å². The van der Waals surface area contributed by atoms with E-state index < -0.39 is 0 Å². The van der Waals surface area contributed by atoms with Crippen molar-refractivity contribution in [2.75, 3.05) is 38.3 Å². The van der Waals surface area contributed by atoms with Gasteiger partial charge in [-0.05, 0) is 17.7 Å². The summed E-state index contributed by atoms with van der Waals surface area (Å²) in [6, 6.07) is 5.45. The first-order valence-electron chi connectivity index (χ1n) is 5.47.